The molecule has 0 aliphatic heterocycles. The van der Waals surface area contributed by atoms with Gasteiger partial charge in [0.2, 0.25) is 0 Å². The highest BCUT2D eigenvalue weighted by molar-refractivity contribution is 6.30. The minimum absolute atomic E-state index is 0.0340. The molecule has 0 saturated heterocycles. The maximum atomic E-state index is 12.7. The first-order valence-electron chi connectivity index (χ1n) is 8.86. The fourth-order valence-electron chi connectivity index (χ4n) is 3.21. The Labute approximate surface area is 170 Å². The molecule has 1 aliphatic rings. The van der Waals surface area contributed by atoms with Gasteiger partial charge in [-0.05, 0) is 30.7 Å². The van der Waals surface area contributed by atoms with Crippen molar-refractivity contribution in [3.63, 3.8) is 0 Å². The normalized spacial score (nSPS) is 15.8. The van der Waals surface area contributed by atoms with Gasteiger partial charge in [0.1, 0.15) is 17.7 Å². The number of ether oxygens (including phenoxy) is 1. The summed E-state index contributed by atoms with van der Waals surface area (Å²) in [6.45, 7) is 1.60. The van der Waals surface area contributed by atoms with Crippen LogP contribution in [0.1, 0.15) is 55.0 Å². The summed E-state index contributed by atoms with van der Waals surface area (Å²) in [6.07, 6.45) is 0. The van der Waals surface area contributed by atoms with Crippen LogP contribution < -0.4 is 0 Å². The average Bonchev–Trinajstić information content (AvgIpc) is 2.98. The number of nitriles is 1. The predicted molar refractivity (Wildman–Crippen MR) is 103 cm³/mol. The SMILES string of the molecule is CCOC(=O)/C(C#N)=C(\O)c1ccc(C2C(=O)c3ccc(C(=O)O)cc3C2=O)cc1. The lowest BCUT2D eigenvalue weighted by Gasteiger charge is -2.09. The van der Waals surface area contributed by atoms with Crippen LogP contribution in [0.5, 0.6) is 0 Å². The van der Waals surface area contributed by atoms with Gasteiger partial charge in [-0.1, -0.05) is 24.3 Å². The minimum atomic E-state index is -1.21. The van der Waals surface area contributed by atoms with Crippen LogP contribution in [0.2, 0.25) is 0 Å². The molecule has 0 spiro atoms. The van der Waals surface area contributed by atoms with Gasteiger partial charge in [0, 0.05) is 16.7 Å². The van der Waals surface area contributed by atoms with Crippen LogP contribution in [0.25, 0.3) is 5.76 Å². The van der Waals surface area contributed by atoms with E-state index in [1.54, 1.807) is 13.0 Å². The van der Waals surface area contributed by atoms with E-state index in [0.717, 1.165) is 0 Å². The first-order chi connectivity index (χ1) is 14.3. The number of carboxylic acids is 1. The van der Waals surface area contributed by atoms with Crippen LogP contribution in [0.3, 0.4) is 0 Å². The van der Waals surface area contributed by atoms with Crippen molar-refractivity contribution < 1.29 is 34.1 Å². The van der Waals surface area contributed by atoms with Crippen molar-refractivity contribution in [2.24, 2.45) is 0 Å². The van der Waals surface area contributed by atoms with Crippen LogP contribution in [0.15, 0.2) is 48.0 Å². The largest absolute Gasteiger partial charge is 0.506 e. The van der Waals surface area contributed by atoms with Crippen LogP contribution in [-0.2, 0) is 9.53 Å². The topological polar surface area (TPSA) is 142 Å². The number of hydrogen-bond acceptors (Lipinski definition) is 7. The molecule has 30 heavy (non-hydrogen) atoms. The molecule has 3 rings (SSSR count). The summed E-state index contributed by atoms with van der Waals surface area (Å²) in [5.41, 5.74) is 0.00747. The Hall–Kier alpha value is -4.25. The van der Waals surface area contributed by atoms with Gasteiger partial charge in [0.05, 0.1) is 12.2 Å². The Morgan fingerprint density at radius 3 is 2.17 bits per heavy atom. The molecule has 2 N–H and O–H groups in total. The van der Waals surface area contributed by atoms with Crippen molar-refractivity contribution in [1.82, 2.24) is 0 Å². The summed E-state index contributed by atoms with van der Waals surface area (Å²) in [4.78, 5) is 48.3. The Balaban J connectivity index is 1.94. The quantitative estimate of drug-likeness (QED) is 0.254. The van der Waals surface area contributed by atoms with Crippen molar-refractivity contribution in [2.45, 2.75) is 12.8 Å². The summed E-state index contributed by atoms with van der Waals surface area (Å²) < 4.78 is 4.72. The van der Waals surface area contributed by atoms with Crippen LogP contribution in [0, 0.1) is 11.3 Å². The highest BCUT2D eigenvalue weighted by atomic mass is 16.5. The number of rotatable bonds is 5. The molecule has 0 radical (unpaired) electrons. The molecule has 2 aromatic rings. The number of aliphatic hydroxyl groups is 1. The zero-order valence-corrected chi connectivity index (χ0v) is 15.7. The number of aromatic carboxylic acids is 1. The zero-order chi connectivity index (χ0) is 22.0. The van der Waals surface area contributed by atoms with Gasteiger partial charge < -0.3 is 14.9 Å². The second-order valence-corrected chi connectivity index (χ2v) is 6.40. The summed E-state index contributed by atoms with van der Waals surface area (Å²) in [6, 6.07) is 10.9. The number of fused-ring (bicyclic) bond motifs is 1. The van der Waals surface area contributed by atoms with Crippen molar-refractivity contribution in [1.29, 1.82) is 5.26 Å². The van der Waals surface area contributed by atoms with Gasteiger partial charge in [0.25, 0.3) is 0 Å². The third kappa shape index (κ3) is 3.44. The van der Waals surface area contributed by atoms with E-state index in [2.05, 4.69) is 0 Å². The molecule has 0 aromatic heterocycles. The highest BCUT2D eigenvalue weighted by Gasteiger charge is 2.40. The van der Waals surface area contributed by atoms with Gasteiger partial charge in [-0.2, -0.15) is 5.26 Å². The van der Waals surface area contributed by atoms with Gasteiger partial charge >= 0.3 is 11.9 Å². The molecule has 2 aromatic carbocycles. The second-order valence-electron chi connectivity index (χ2n) is 6.40. The maximum absolute atomic E-state index is 12.7. The van der Waals surface area contributed by atoms with E-state index in [1.165, 1.54) is 42.5 Å². The smallest absolute Gasteiger partial charge is 0.352 e. The van der Waals surface area contributed by atoms with E-state index < -0.39 is 40.8 Å². The van der Waals surface area contributed by atoms with E-state index in [-0.39, 0.29) is 28.9 Å². The van der Waals surface area contributed by atoms with Crippen molar-refractivity contribution in [3.05, 3.63) is 75.9 Å². The number of benzene rings is 2. The van der Waals surface area contributed by atoms with Gasteiger partial charge in [-0.25, -0.2) is 9.59 Å². The fourth-order valence-corrected chi connectivity index (χ4v) is 3.21. The number of esters is 1. The van der Waals surface area contributed by atoms with Crippen molar-refractivity contribution in [3.8, 4) is 6.07 Å². The summed E-state index contributed by atoms with van der Waals surface area (Å²) in [5.74, 6) is -4.86. The number of carbonyl (C=O) groups is 4. The van der Waals surface area contributed by atoms with Gasteiger partial charge in [-0.3, -0.25) is 9.59 Å². The average molecular weight is 405 g/mol. The number of ketones is 2. The molecule has 1 atom stereocenters. The Morgan fingerprint density at radius 1 is 1.00 bits per heavy atom. The minimum Gasteiger partial charge on any atom is -0.506 e. The van der Waals surface area contributed by atoms with E-state index >= 15 is 0 Å². The number of hydrogen-bond donors (Lipinski definition) is 2. The molecular formula is C22H15NO7. The highest BCUT2D eigenvalue weighted by Crippen LogP contribution is 2.35. The molecular weight excluding hydrogens is 390 g/mol. The molecule has 1 unspecified atom stereocenters. The Morgan fingerprint density at radius 2 is 1.60 bits per heavy atom. The third-order valence-electron chi connectivity index (χ3n) is 4.67. The van der Waals surface area contributed by atoms with E-state index in [0.29, 0.717) is 5.56 Å². The fraction of sp³-hybridized carbons (Fsp3) is 0.136. The molecule has 0 amide bonds. The summed E-state index contributed by atoms with van der Waals surface area (Å²) in [7, 11) is 0. The number of Topliss-reactive ketones (excluding diaryl/α,β-unsaturated/α-hetero) is 2. The monoisotopic (exact) mass is 405 g/mol. The molecule has 0 saturated carbocycles. The molecule has 8 heteroatoms. The van der Waals surface area contributed by atoms with Gasteiger partial charge in [0.15, 0.2) is 17.1 Å². The second kappa shape index (κ2) is 8.01. The van der Waals surface area contributed by atoms with E-state index in [1.807, 2.05) is 0 Å². The third-order valence-corrected chi connectivity index (χ3v) is 4.67. The zero-order valence-electron chi connectivity index (χ0n) is 15.7. The Kier molecular flexibility index (Phi) is 5.47. The molecule has 0 fully saturated rings. The molecule has 0 heterocycles. The molecule has 150 valence electrons. The standard InChI is InChI=1S/C22H15NO7/c1-2-30-22(29)16(10-23)18(24)12-5-3-11(4-6-12)17-19(25)14-8-7-13(21(27)28)9-15(14)20(17)26/h3-9,17,24H,2H2,1H3,(H,27,28)/b18-16-. The lowest BCUT2D eigenvalue weighted by molar-refractivity contribution is -0.138. The van der Waals surface area contributed by atoms with E-state index in [4.69, 9.17) is 15.1 Å². The van der Waals surface area contributed by atoms with Crippen molar-refractivity contribution in [2.75, 3.05) is 6.61 Å². The maximum Gasteiger partial charge on any atom is 0.352 e. The summed E-state index contributed by atoms with van der Waals surface area (Å²) >= 11 is 0. The van der Waals surface area contributed by atoms with E-state index in [9.17, 15) is 24.3 Å². The molecule has 8 nitrogen and oxygen atoms in total. The number of aliphatic hydroxyl groups excluding tert-OH is 1. The lowest BCUT2D eigenvalue weighted by Crippen LogP contribution is -2.13. The Bertz CT molecular complexity index is 1150. The van der Waals surface area contributed by atoms with Crippen LogP contribution in [0.4, 0.5) is 0 Å². The van der Waals surface area contributed by atoms with Crippen LogP contribution >= 0.6 is 0 Å². The molecule has 1 aliphatic carbocycles. The summed E-state index contributed by atoms with van der Waals surface area (Å²) in [5, 5.41) is 28.4. The number of nitrogens with zero attached hydrogens (tertiary/aromatic N) is 1. The number of carboxylic acid groups (broad SMARTS) is 1. The van der Waals surface area contributed by atoms with Crippen molar-refractivity contribution >= 4 is 29.3 Å². The first kappa shape index (κ1) is 20.5. The predicted octanol–water partition coefficient (Wildman–Crippen LogP) is 2.90. The van der Waals surface area contributed by atoms with Crippen LogP contribution in [-0.4, -0.2) is 40.3 Å². The first-order valence-corrected chi connectivity index (χ1v) is 8.86. The van der Waals surface area contributed by atoms with Gasteiger partial charge in [-0.15, -0.1) is 0 Å². The molecule has 0 bridgehead atoms. The lowest BCUT2D eigenvalue weighted by atomic mass is 9.93. The number of carbonyl (C=O) groups excluding carboxylic acids is 3.